The van der Waals surface area contributed by atoms with E-state index in [2.05, 4.69) is 20.0 Å². The summed E-state index contributed by atoms with van der Waals surface area (Å²) in [6.45, 7) is 0.448. The molecule has 3 N–H and O–H groups in total. The van der Waals surface area contributed by atoms with Crippen molar-refractivity contribution in [2.24, 2.45) is 0 Å². The molecule has 0 unspecified atom stereocenters. The van der Waals surface area contributed by atoms with E-state index in [0.29, 0.717) is 23.9 Å². The first kappa shape index (κ1) is 13.2. The van der Waals surface area contributed by atoms with Crippen LogP contribution in [0.15, 0.2) is 30.3 Å². The second-order valence-electron chi connectivity index (χ2n) is 4.63. The lowest BCUT2D eigenvalue weighted by atomic mass is 10.2. The number of aliphatic hydroxyl groups excluding tert-OH is 1. The highest BCUT2D eigenvalue weighted by Gasteiger charge is 2.28. The molecule has 2 aromatic rings. The van der Waals surface area contributed by atoms with Crippen molar-refractivity contribution in [1.29, 1.82) is 0 Å². The summed E-state index contributed by atoms with van der Waals surface area (Å²) in [5.41, 5.74) is 0.915. The molecule has 1 aromatic carbocycles. The Morgan fingerprint density at radius 1 is 1.40 bits per heavy atom. The summed E-state index contributed by atoms with van der Waals surface area (Å²) in [7, 11) is 0. The van der Waals surface area contributed by atoms with Gasteiger partial charge in [-0.1, -0.05) is 30.3 Å². The molecule has 1 aromatic heterocycles. The summed E-state index contributed by atoms with van der Waals surface area (Å²) in [5, 5.41) is 15.6. The molecule has 0 aliphatic carbocycles. The lowest BCUT2D eigenvalue weighted by Gasteiger charge is -2.07. The zero-order valence-electron chi connectivity index (χ0n) is 10.6. The van der Waals surface area contributed by atoms with Gasteiger partial charge in [-0.2, -0.15) is 9.36 Å². The molecule has 0 bridgehead atoms. The third-order valence-electron chi connectivity index (χ3n) is 3.11. The second-order valence-corrected chi connectivity index (χ2v) is 5.38. The number of hydrogen-bond acceptors (Lipinski definition) is 6. The maximum Gasteiger partial charge on any atom is 0.243 e. The van der Waals surface area contributed by atoms with Crippen LogP contribution in [0, 0.1) is 0 Å². The summed E-state index contributed by atoms with van der Waals surface area (Å²) in [4.78, 5) is 16.3. The fraction of sp³-hybridized carbons (Fsp3) is 0.308. The number of aromatic nitrogens is 2. The van der Waals surface area contributed by atoms with Gasteiger partial charge in [-0.15, -0.1) is 0 Å². The number of amides is 1. The monoisotopic (exact) mass is 290 g/mol. The zero-order chi connectivity index (χ0) is 13.9. The molecule has 1 saturated heterocycles. The standard InChI is InChI=1S/C13H14N4O2S/c18-9-6-10(14-7-9)12(19)16-13-15-11(17-20-13)8-4-2-1-3-5-8/h1-5,9-10,14,18H,6-7H2,(H,15,16,17,19)/t9-,10-/m0/s1. The molecular formula is C13H14N4O2S. The minimum absolute atomic E-state index is 0.183. The van der Waals surface area contributed by atoms with Gasteiger partial charge in [-0.3, -0.25) is 10.1 Å². The van der Waals surface area contributed by atoms with Gasteiger partial charge in [0, 0.05) is 23.6 Å². The predicted molar refractivity (Wildman–Crippen MR) is 76.4 cm³/mol. The van der Waals surface area contributed by atoms with Crippen LogP contribution in [0.25, 0.3) is 11.4 Å². The zero-order valence-corrected chi connectivity index (χ0v) is 11.4. The highest BCUT2D eigenvalue weighted by molar-refractivity contribution is 7.10. The number of carbonyl (C=O) groups is 1. The Labute approximate surface area is 120 Å². The van der Waals surface area contributed by atoms with Gasteiger partial charge in [-0.05, 0) is 6.42 Å². The van der Waals surface area contributed by atoms with Crippen LogP contribution in [-0.4, -0.2) is 39.1 Å². The van der Waals surface area contributed by atoms with Gasteiger partial charge >= 0.3 is 0 Å². The quantitative estimate of drug-likeness (QED) is 0.780. The SMILES string of the molecule is O=C(Nc1nc(-c2ccccc2)ns1)[C@@H]1C[C@H](O)CN1. The van der Waals surface area contributed by atoms with Crippen molar-refractivity contribution in [3.63, 3.8) is 0 Å². The Morgan fingerprint density at radius 3 is 2.90 bits per heavy atom. The smallest absolute Gasteiger partial charge is 0.243 e. The number of anilines is 1. The Morgan fingerprint density at radius 2 is 2.20 bits per heavy atom. The first-order valence-corrected chi connectivity index (χ1v) is 7.11. The fourth-order valence-electron chi connectivity index (χ4n) is 2.09. The van der Waals surface area contributed by atoms with Crippen LogP contribution in [0.2, 0.25) is 0 Å². The molecule has 20 heavy (non-hydrogen) atoms. The van der Waals surface area contributed by atoms with Crippen LogP contribution >= 0.6 is 11.5 Å². The number of aliphatic hydroxyl groups is 1. The van der Waals surface area contributed by atoms with E-state index in [1.54, 1.807) is 0 Å². The summed E-state index contributed by atoms with van der Waals surface area (Å²) >= 11 is 1.15. The van der Waals surface area contributed by atoms with E-state index in [-0.39, 0.29) is 11.9 Å². The van der Waals surface area contributed by atoms with Crippen molar-refractivity contribution in [3.8, 4) is 11.4 Å². The van der Waals surface area contributed by atoms with Crippen molar-refractivity contribution in [1.82, 2.24) is 14.7 Å². The number of nitrogens with one attached hydrogen (secondary N) is 2. The van der Waals surface area contributed by atoms with Crippen LogP contribution in [0.3, 0.4) is 0 Å². The van der Waals surface area contributed by atoms with Crippen LogP contribution in [-0.2, 0) is 4.79 Å². The molecule has 0 saturated carbocycles. The molecule has 1 fully saturated rings. The second kappa shape index (κ2) is 5.66. The van der Waals surface area contributed by atoms with Crippen LogP contribution < -0.4 is 10.6 Å². The van der Waals surface area contributed by atoms with E-state index in [1.807, 2.05) is 30.3 Å². The molecule has 0 spiro atoms. The summed E-state index contributed by atoms with van der Waals surface area (Å²) in [6, 6.07) is 9.23. The highest BCUT2D eigenvalue weighted by Crippen LogP contribution is 2.21. The maximum atomic E-state index is 12.0. The lowest BCUT2D eigenvalue weighted by Crippen LogP contribution is -2.35. The number of β-amino-alcohol motifs (C(OH)–C–C–N with tert-alkyl or cyclic N) is 1. The lowest BCUT2D eigenvalue weighted by molar-refractivity contribution is -0.117. The first-order chi connectivity index (χ1) is 9.72. The first-order valence-electron chi connectivity index (χ1n) is 6.34. The van der Waals surface area contributed by atoms with Crippen molar-refractivity contribution in [2.75, 3.05) is 11.9 Å². The maximum absolute atomic E-state index is 12.0. The van der Waals surface area contributed by atoms with E-state index >= 15 is 0 Å². The predicted octanol–water partition coefficient (Wildman–Crippen LogP) is 0.866. The van der Waals surface area contributed by atoms with Crippen LogP contribution in [0.5, 0.6) is 0 Å². The molecule has 1 aliphatic heterocycles. The fourth-order valence-corrected chi connectivity index (χ4v) is 2.68. The average Bonchev–Trinajstić information content (AvgIpc) is 3.09. The third kappa shape index (κ3) is 2.84. The Kier molecular flexibility index (Phi) is 3.72. The number of carbonyl (C=O) groups excluding carboxylic acids is 1. The van der Waals surface area contributed by atoms with Crippen molar-refractivity contribution in [3.05, 3.63) is 30.3 Å². The third-order valence-corrected chi connectivity index (χ3v) is 3.74. The molecule has 2 heterocycles. The average molecular weight is 290 g/mol. The molecule has 1 amide bonds. The van der Waals surface area contributed by atoms with Gasteiger partial charge in [0.15, 0.2) is 5.82 Å². The van der Waals surface area contributed by atoms with Crippen molar-refractivity contribution < 1.29 is 9.90 Å². The van der Waals surface area contributed by atoms with Crippen molar-refractivity contribution >= 4 is 22.6 Å². The summed E-state index contributed by atoms with van der Waals surface area (Å²) in [6.07, 6.45) is -0.0315. The number of hydrogen-bond donors (Lipinski definition) is 3. The van der Waals surface area contributed by atoms with Gasteiger partial charge in [0.2, 0.25) is 11.0 Å². The number of rotatable bonds is 3. The van der Waals surface area contributed by atoms with E-state index in [9.17, 15) is 9.90 Å². The van der Waals surface area contributed by atoms with E-state index < -0.39 is 6.10 Å². The van der Waals surface area contributed by atoms with Gasteiger partial charge in [0.05, 0.1) is 12.1 Å². The Hall–Kier alpha value is -1.83. The van der Waals surface area contributed by atoms with E-state index in [1.165, 1.54) is 0 Å². The normalized spacial score (nSPS) is 21.9. The van der Waals surface area contributed by atoms with E-state index in [0.717, 1.165) is 17.1 Å². The van der Waals surface area contributed by atoms with Gasteiger partial charge in [0.25, 0.3) is 0 Å². The molecule has 7 heteroatoms. The molecule has 0 radical (unpaired) electrons. The van der Waals surface area contributed by atoms with Gasteiger partial charge in [0.1, 0.15) is 0 Å². The topological polar surface area (TPSA) is 87.1 Å². The van der Waals surface area contributed by atoms with Crippen LogP contribution in [0.4, 0.5) is 5.13 Å². The number of nitrogens with zero attached hydrogens (tertiary/aromatic N) is 2. The van der Waals surface area contributed by atoms with Crippen LogP contribution in [0.1, 0.15) is 6.42 Å². The summed E-state index contributed by atoms with van der Waals surface area (Å²) in [5.74, 6) is 0.419. The number of benzene rings is 1. The minimum Gasteiger partial charge on any atom is -0.392 e. The minimum atomic E-state index is -0.458. The highest BCUT2D eigenvalue weighted by atomic mass is 32.1. The molecule has 104 valence electrons. The summed E-state index contributed by atoms with van der Waals surface area (Å²) < 4.78 is 4.23. The largest absolute Gasteiger partial charge is 0.392 e. The molecule has 6 nitrogen and oxygen atoms in total. The molecule has 1 aliphatic rings. The van der Waals surface area contributed by atoms with E-state index in [4.69, 9.17) is 0 Å². The molecule has 3 rings (SSSR count). The van der Waals surface area contributed by atoms with Crippen molar-refractivity contribution in [2.45, 2.75) is 18.6 Å². The Bertz CT molecular complexity index is 601. The molecular weight excluding hydrogens is 276 g/mol. The molecule has 2 atom stereocenters. The van der Waals surface area contributed by atoms with Gasteiger partial charge in [-0.25, -0.2) is 0 Å². The van der Waals surface area contributed by atoms with Gasteiger partial charge < -0.3 is 10.4 Å². The Balaban J connectivity index is 1.67.